The zero-order valence-corrected chi connectivity index (χ0v) is 5.37. The molecular weight excluding hydrogens is 114 g/mol. The fourth-order valence-corrected chi connectivity index (χ4v) is 0.794. The van der Waals surface area contributed by atoms with Crippen LogP contribution in [0.1, 0.15) is 13.3 Å². The average Bonchev–Trinajstić information content (AvgIpc) is 1.90. The van der Waals surface area contributed by atoms with Gasteiger partial charge in [0.1, 0.15) is 6.04 Å². The lowest BCUT2D eigenvalue weighted by molar-refractivity contribution is 0.812. The van der Waals surface area contributed by atoms with Crippen molar-refractivity contribution < 1.29 is 0 Å². The Bertz CT molecular complexity index is 170. The van der Waals surface area contributed by atoms with Gasteiger partial charge in [-0.25, -0.2) is 0 Å². The monoisotopic (exact) mass is 123 g/mol. The maximum Gasteiger partial charge on any atom is 0.114 e. The summed E-state index contributed by atoms with van der Waals surface area (Å²) in [7, 11) is 0. The van der Waals surface area contributed by atoms with Gasteiger partial charge in [0.25, 0.3) is 0 Å². The van der Waals surface area contributed by atoms with Gasteiger partial charge < -0.3 is 0 Å². The van der Waals surface area contributed by atoms with Crippen LogP contribution in [0.4, 0.5) is 0 Å². The molecule has 0 saturated heterocycles. The average molecular weight is 123 g/mol. The Morgan fingerprint density at radius 3 is 3.00 bits per heavy atom. The van der Waals surface area contributed by atoms with Crippen molar-refractivity contribution in [2.75, 3.05) is 0 Å². The number of nitroso groups, excluding NO2 is 1. The summed E-state index contributed by atoms with van der Waals surface area (Å²) in [5.41, 5.74) is 1.22. The second kappa shape index (κ2) is 2.58. The van der Waals surface area contributed by atoms with E-state index in [1.54, 1.807) is 0 Å². The van der Waals surface area contributed by atoms with Gasteiger partial charge in [-0.05, 0) is 13.3 Å². The first-order chi connectivity index (χ1) is 4.33. The lowest BCUT2D eigenvalue weighted by atomic mass is 10.1. The molecule has 48 valence electrons. The molecular formula is C7H9NO. The minimum atomic E-state index is -0.117. The second-order valence-electron chi connectivity index (χ2n) is 2.22. The molecule has 0 aromatic rings. The number of hydrogen-bond acceptors (Lipinski definition) is 2. The number of nitrogens with zero attached hydrogens (tertiary/aromatic N) is 1. The molecule has 0 saturated carbocycles. The summed E-state index contributed by atoms with van der Waals surface area (Å²) in [4.78, 5) is 9.94. The Balaban J connectivity index is 2.58. The van der Waals surface area contributed by atoms with E-state index in [1.165, 1.54) is 5.57 Å². The highest BCUT2D eigenvalue weighted by Crippen LogP contribution is 2.11. The maximum atomic E-state index is 9.94. The molecule has 2 heteroatoms. The van der Waals surface area contributed by atoms with Gasteiger partial charge in [0.2, 0.25) is 0 Å². The maximum absolute atomic E-state index is 9.94. The van der Waals surface area contributed by atoms with Gasteiger partial charge >= 0.3 is 0 Å². The van der Waals surface area contributed by atoms with Crippen LogP contribution in [0.2, 0.25) is 0 Å². The first-order valence-electron chi connectivity index (χ1n) is 3.00. The summed E-state index contributed by atoms with van der Waals surface area (Å²) in [5, 5.41) is 2.90. The molecule has 0 spiro atoms. The molecule has 0 aliphatic heterocycles. The highest BCUT2D eigenvalue weighted by Gasteiger charge is 2.04. The Morgan fingerprint density at radius 1 is 1.78 bits per heavy atom. The van der Waals surface area contributed by atoms with Crippen molar-refractivity contribution in [3.05, 3.63) is 28.7 Å². The van der Waals surface area contributed by atoms with Gasteiger partial charge in [-0.3, -0.25) is 0 Å². The van der Waals surface area contributed by atoms with Crippen LogP contribution in [-0.2, 0) is 0 Å². The fourth-order valence-electron chi connectivity index (χ4n) is 0.794. The molecule has 0 bridgehead atoms. The van der Waals surface area contributed by atoms with Gasteiger partial charge in [-0.2, -0.15) is 4.91 Å². The molecule has 2 nitrogen and oxygen atoms in total. The normalized spacial score (nSPS) is 25.4. The van der Waals surface area contributed by atoms with Gasteiger partial charge in [0, 0.05) is 0 Å². The molecule has 0 radical (unpaired) electrons. The SMILES string of the molecule is CC1=CCC(N=O)C=C1. The van der Waals surface area contributed by atoms with Crippen LogP contribution in [0.5, 0.6) is 0 Å². The van der Waals surface area contributed by atoms with Gasteiger partial charge in [0.15, 0.2) is 0 Å². The van der Waals surface area contributed by atoms with Gasteiger partial charge in [0.05, 0.1) is 0 Å². The van der Waals surface area contributed by atoms with E-state index in [0.717, 1.165) is 6.42 Å². The van der Waals surface area contributed by atoms with Crippen LogP contribution in [0.15, 0.2) is 29.0 Å². The quantitative estimate of drug-likeness (QED) is 0.490. The standard InChI is InChI=1S/C7H9NO/c1-6-2-4-7(8-9)5-3-6/h2-4,7H,5H2,1H3. The van der Waals surface area contributed by atoms with Crippen molar-refractivity contribution in [3.63, 3.8) is 0 Å². The number of hydrogen-bond donors (Lipinski definition) is 0. The zero-order valence-electron chi connectivity index (χ0n) is 5.37. The minimum Gasteiger partial charge on any atom is -0.150 e. The third kappa shape index (κ3) is 1.49. The Labute approximate surface area is 54.2 Å². The third-order valence-corrected chi connectivity index (χ3v) is 1.40. The molecule has 0 aromatic carbocycles. The molecule has 9 heavy (non-hydrogen) atoms. The van der Waals surface area contributed by atoms with E-state index in [2.05, 4.69) is 5.18 Å². The van der Waals surface area contributed by atoms with Crippen LogP contribution in [0, 0.1) is 4.91 Å². The predicted molar refractivity (Wildman–Crippen MR) is 37.1 cm³/mol. The van der Waals surface area contributed by atoms with E-state index >= 15 is 0 Å². The van der Waals surface area contributed by atoms with Crippen molar-refractivity contribution in [2.24, 2.45) is 5.18 Å². The summed E-state index contributed by atoms with van der Waals surface area (Å²) in [6, 6.07) is -0.117. The van der Waals surface area contributed by atoms with Gasteiger partial charge in [-0.15, -0.1) is 0 Å². The first-order valence-corrected chi connectivity index (χ1v) is 3.00. The number of rotatable bonds is 1. The summed E-state index contributed by atoms with van der Waals surface area (Å²) < 4.78 is 0. The Morgan fingerprint density at radius 2 is 2.56 bits per heavy atom. The van der Waals surface area contributed by atoms with Crippen LogP contribution >= 0.6 is 0 Å². The van der Waals surface area contributed by atoms with Crippen molar-refractivity contribution in [1.82, 2.24) is 0 Å². The van der Waals surface area contributed by atoms with Crippen LogP contribution in [0.3, 0.4) is 0 Å². The van der Waals surface area contributed by atoms with Crippen molar-refractivity contribution in [1.29, 1.82) is 0 Å². The Hall–Kier alpha value is -0.920. The predicted octanol–water partition coefficient (Wildman–Crippen LogP) is 2.03. The molecule has 0 fully saturated rings. The lowest BCUT2D eigenvalue weighted by Gasteiger charge is -2.04. The van der Waals surface area contributed by atoms with E-state index < -0.39 is 0 Å². The molecule has 1 rings (SSSR count). The summed E-state index contributed by atoms with van der Waals surface area (Å²) >= 11 is 0. The van der Waals surface area contributed by atoms with E-state index in [0.29, 0.717) is 0 Å². The summed E-state index contributed by atoms with van der Waals surface area (Å²) in [6.07, 6.45) is 6.55. The largest absolute Gasteiger partial charge is 0.150 e. The highest BCUT2D eigenvalue weighted by atomic mass is 16.3. The van der Waals surface area contributed by atoms with Crippen molar-refractivity contribution >= 4 is 0 Å². The molecule has 0 N–H and O–H groups in total. The molecule has 1 aliphatic carbocycles. The molecule has 0 heterocycles. The minimum absolute atomic E-state index is 0.117. The third-order valence-electron chi connectivity index (χ3n) is 1.40. The fraction of sp³-hybridized carbons (Fsp3) is 0.429. The Kier molecular flexibility index (Phi) is 1.78. The molecule has 1 atom stereocenters. The smallest absolute Gasteiger partial charge is 0.114 e. The molecule has 0 amide bonds. The highest BCUT2D eigenvalue weighted by molar-refractivity contribution is 5.22. The van der Waals surface area contributed by atoms with Gasteiger partial charge in [-0.1, -0.05) is 29.0 Å². The van der Waals surface area contributed by atoms with Crippen molar-refractivity contribution in [3.8, 4) is 0 Å². The van der Waals surface area contributed by atoms with Crippen molar-refractivity contribution in [2.45, 2.75) is 19.4 Å². The molecule has 1 unspecified atom stereocenters. The zero-order chi connectivity index (χ0) is 6.69. The lowest BCUT2D eigenvalue weighted by Crippen LogP contribution is -2.00. The van der Waals surface area contributed by atoms with Crippen LogP contribution in [0.25, 0.3) is 0 Å². The van der Waals surface area contributed by atoms with E-state index in [9.17, 15) is 4.91 Å². The number of allylic oxidation sites excluding steroid dienone is 2. The molecule has 0 aromatic heterocycles. The summed E-state index contributed by atoms with van der Waals surface area (Å²) in [5.74, 6) is 0. The first kappa shape index (κ1) is 6.20. The van der Waals surface area contributed by atoms with Crippen LogP contribution < -0.4 is 0 Å². The summed E-state index contributed by atoms with van der Waals surface area (Å²) in [6.45, 7) is 2.01. The second-order valence-corrected chi connectivity index (χ2v) is 2.22. The van der Waals surface area contributed by atoms with E-state index in [1.807, 2.05) is 25.2 Å². The topological polar surface area (TPSA) is 29.4 Å². The van der Waals surface area contributed by atoms with E-state index in [-0.39, 0.29) is 6.04 Å². The van der Waals surface area contributed by atoms with Crippen LogP contribution in [-0.4, -0.2) is 6.04 Å². The van der Waals surface area contributed by atoms with E-state index in [4.69, 9.17) is 0 Å². The molecule has 1 aliphatic rings.